The van der Waals surface area contributed by atoms with Gasteiger partial charge in [-0.3, -0.25) is 4.79 Å². The van der Waals surface area contributed by atoms with E-state index in [9.17, 15) is 14.7 Å². The van der Waals surface area contributed by atoms with Gasteiger partial charge in [-0.25, -0.2) is 4.79 Å². The van der Waals surface area contributed by atoms with Crippen molar-refractivity contribution in [3.05, 3.63) is 0 Å². The van der Waals surface area contributed by atoms with Gasteiger partial charge in [0.1, 0.15) is 6.04 Å². The Bertz CT molecular complexity index is 629. The third-order valence-corrected chi connectivity index (χ3v) is 10.7. The van der Waals surface area contributed by atoms with Crippen LogP contribution < -0.4 is 5.32 Å². The maximum Gasteiger partial charge on any atom is 0.327 e. The number of hydrogen-bond acceptors (Lipinski definition) is 3. The fourth-order valence-electron chi connectivity index (χ4n) is 6.41. The Morgan fingerprint density at radius 2 is 0.739 bits per heavy atom. The first-order valence-corrected chi connectivity index (χ1v) is 21.9. The summed E-state index contributed by atoms with van der Waals surface area (Å²) in [5.41, 5.74) is 0. The molecular weight excluding hydrogens is 587 g/mol. The van der Waals surface area contributed by atoms with Crippen LogP contribution in [0.4, 0.5) is 0 Å². The topological polar surface area (TPSA) is 66.4 Å². The maximum atomic E-state index is 12.3. The van der Waals surface area contributed by atoms with Crippen molar-refractivity contribution in [1.29, 1.82) is 0 Å². The summed E-state index contributed by atoms with van der Waals surface area (Å²) in [5.74, 6) is 0.445. The van der Waals surface area contributed by atoms with Crippen LogP contribution in [-0.4, -0.2) is 34.5 Å². The minimum absolute atomic E-state index is 0.102. The molecule has 0 saturated heterocycles. The van der Waals surface area contributed by atoms with Crippen molar-refractivity contribution < 1.29 is 14.7 Å². The first kappa shape index (κ1) is 45.3. The summed E-state index contributed by atoms with van der Waals surface area (Å²) in [5, 5.41) is 12.3. The van der Waals surface area contributed by atoms with Gasteiger partial charge >= 0.3 is 5.97 Å². The first-order valence-electron chi connectivity index (χ1n) is 20.7. The molecule has 274 valence electrons. The highest BCUT2D eigenvalue weighted by Crippen LogP contribution is 2.16. The van der Waals surface area contributed by atoms with E-state index in [4.69, 9.17) is 0 Å². The number of hydrogen-bond donors (Lipinski definition) is 2. The van der Waals surface area contributed by atoms with E-state index in [1.165, 1.54) is 193 Å². The number of carbonyl (C=O) groups excluding carboxylic acids is 1. The van der Waals surface area contributed by atoms with Crippen LogP contribution in [0.25, 0.3) is 0 Å². The quantitative estimate of drug-likeness (QED) is 0.0640. The minimum atomic E-state index is -0.908. The largest absolute Gasteiger partial charge is 0.480 e. The molecule has 0 bridgehead atoms. The lowest BCUT2D eigenvalue weighted by molar-refractivity contribution is -0.141. The fourth-order valence-corrected chi connectivity index (χ4v) is 7.44. The summed E-state index contributed by atoms with van der Waals surface area (Å²) in [6.45, 7) is 4.56. The highest BCUT2D eigenvalue weighted by molar-refractivity contribution is 7.99. The standard InChI is InChI=1S/C41H81NO3S/c1-3-5-7-9-11-13-15-17-18-19-20-21-22-23-25-27-29-31-33-35-37-46-38-39(41(44)45)42-40(43)36-34-32-30-28-26-24-16-14-12-10-8-6-4-2/h39H,3-38H2,1-2H3,(H,42,43)(H,44,45)/t39-/m0/s1. The molecular formula is C41H81NO3S. The van der Waals surface area contributed by atoms with Gasteiger partial charge in [0.15, 0.2) is 0 Å². The number of nitrogens with one attached hydrogen (secondary N) is 1. The molecule has 0 spiro atoms. The van der Waals surface area contributed by atoms with E-state index in [0.29, 0.717) is 12.2 Å². The lowest BCUT2D eigenvalue weighted by Crippen LogP contribution is -2.42. The maximum absolute atomic E-state index is 12.3. The Morgan fingerprint density at radius 1 is 0.457 bits per heavy atom. The summed E-state index contributed by atoms with van der Waals surface area (Å²) >= 11 is 1.67. The number of rotatable bonds is 39. The SMILES string of the molecule is CCCCCCCCCCCCCCCCCCCCCCSC[C@H](NC(=O)CCCCCCCCCCCCCCC)C(=O)O. The van der Waals surface area contributed by atoms with Crippen LogP contribution >= 0.6 is 11.8 Å². The molecule has 2 N–H and O–H groups in total. The van der Waals surface area contributed by atoms with Crippen molar-refractivity contribution in [2.75, 3.05) is 11.5 Å². The molecule has 0 fully saturated rings. The average Bonchev–Trinajstić information content (AvgIpc) is 3.05. The van der Waals surface area contributed by atoms with Gasteiger partial charge in [-0.15, -0.1) is 0 Å². The molecule has 0 aromatic rings. The molecule has 4 nitrogen and oxygen atoms in total. The molecule has 0 heterocycles. The first-order chi connectivity index (χ1) is 22.6. The molecule has 0 unspecified atom stereocenters. The van der Waals surface area contributed by atoms with Gasteiger partial charge in [-0.05, 0) is 18.6 Å². The molecule has 0 rings (SSSR count). The predicted octanol–water partition coefficient (Wildman–Crippen LogP) is 13.6. The zero-order valence-corrected chi connectivity index (χ0v) is 32.0. The minimum Gasteiger partial charge on any atom is -0.480 e. The monoisotopic (exact) mass is 668 g/mol. The van der Waals surface area contributed by atoms with E-state index in [1.807, 2.05) is 0 Å². The molecule has 1 amide bonds. The van der Waals surface area contributed by atoms with Gasteiger partial charge in [-0.1, -0.05) is 213 Å². The molecule has 46 heavy (non-hydrogen) atoms. The Morgan fingerprint density at radius 3 is 1.04 bits per heavy atom. The van der Waals surface area contributed by atoms with E-state index in [0.717, 1.165) is 25.0 Å². The van der Waals surface area contributed by atoms with Gasteiger partial charge < -0.3 is 10.4 Å². The van der Waals surface area contributed by atoms with Crippen molar-refractivity contribution in [2.45, 2.75) is 238 Å². The number of aliphatic carboxylic acids is 1. The highest BCUT2D eigenvalue weighted by Gasteiger charge is 2.19. The number of carboxylic acid groups (broad SMARTS) is 1. The molecule has 0 aromatic heterocycles. The number of carbonyl (C=O) groups is 2. The predicted molar refractivity (Wildman–Crippen MR) is 205 cm³/mol. The van der Waals surface area contributed by atoms with Crippen LogP contribution in [0.2, 0.25) is 0 Å². The van der Waals surface area contributed by atoms with Crippen LogP contribution in [-0.2, 0) is 9.59 Å². The van der Waals surface area contributed by atoms with Gasteiger partial charge in [0.25, 0.3) is 0 Å². The molecule has 0 aromatic carbocycles. The summed E-state index contributed by atoms with van der Waals surface area (Å²) in [7, 11) is 0. The second-order valence-corrected chi connectivity index (χ2v) is 15.4. The zero-order chi connectivity index (χ0) is 33.6. The van der Waals surface area contributed by atoms with E-state index in [1.54, 1.807) is 11.8 Å². The fraction of sp³-hybridized carbons (Fsp3) is 0.951. The van der Waals surface area contributed by atoms with E-state index in [-0.39, 0.29) is 5.91 Å². The van der Waals surface area contributed by atoms with Gasteiger partial charge in [0, 0.05) is 12.2 Å². The lowest BCUT2D eigenvalue weighted by atomic mass is 10.0. The van der Waals surface area contributed by atoms with Crippen molar-refractivity contribution in [2.24, 2.45) is 0 Å². The Kier molecular flexibility index (Phi) is 38.1. The Labute approximate surface area is 292 Å². The van der Waals surface area contributed by atoms with Crippen LogP contribution in [0.1, 0.15) is 232 Å². The third-order valence-electron chi connectivity index (χ3n) is 9.57. The summed E-state index contributed by atoms with van der Waals surface area (Å²) < 4.78 is 0. The van der Waals surface area contributed by atoms with E-state index >= 15 is 0 Å². The highest BCUT2D eigenvalue weighted by atomic mass is 32.2. The normalized spacial score (nSPS) is 12.0. The number of unbranched alkanes of at least 4 members (excludes halogenated alkanes) is 31. The Balaban J connectivity index is 3.45. The lowest BCUT2D eigenvalue weighted by Gasteiger charge is -2.14. The second kappa shape index (κ2) is 38.7. The Hall–Kier alpha value is -0.710. The van der Waals surface area contributed by atoms with Crippen molar-refractivity contribution in [1.82, 2.24) is 5.32 Å². The molecule has 0 radical (unpaired) electrons. The van der Waals surface area contributed by atoms with E-state index in [2.05, 4.69) is 19.2 Å². The van der Waals surface area contributed by atoms with Gasteiger partial charge in [0.2, 0.25) is 5.91 Å². The van der Waals surface area contributed by atoms with Crippen molar-refractivity contribution in [3.63, 3.8) is 0 Å². The molecule has 0 saturated carbocycles. The van der Waals surface area contributed by atoms with Crippen molar-refractivity contribution in [3.8, 4) is 0 Å². The summed E-state index contributed by atoms with van der Waals surface area (Å²) in [6.07, 6.45) is 44.8. The van der Waals surface area contributed by atoms with Crippen molar-refractivity contribution >= 4 is 23.6 Å². The number of thioether (sulfide) groups is 1. The van der Waals surface area contributed by atoms with Crippen LogP contribution in [0.15, 0.2) is 0 Å². The smallest absolute Gasteiger partial charge is 0.327 e. The average molecular weight is 668 g/mol. The van der Waals surface area contributed by atoms with Gasteiger partial charge in [0.05, 0.1) is 0 Å². The summed E-state index contributed by atoms with van der Waals surface area (Å²) in [6, 6.07) is -0.760. The zero-order valence-electron chi connectivity index (χ0n) is 31.2. The van der Waals surface area contributed by atoms with Crippen LogP contribution in [0.5, 0.6) is 0 Å². The van der Waals surface area contributed by atoms with E-state index < -0.39 is 12.0 Å². The van der Waals surface area contributed by atoms with Gasteiger partial charge in [-0.2, -0.15) is 11.8 Å². The second-order valence-electron chi connectivity index (χ2n) is 14.2. The molecule has 0 aliphatic heterocycles. The molecule has 0 aliphatic carbocycles. The number of amides is 1. The number of carboxylic acids is 1. The van der Waals surface area contributed by atoms with Crippen LogP contribution in [0, 0.1) is 0 Å². The van der Waals surface area contributed by atoms with Crippen LogP contribution in [0.3, 0.4) is 0 Å². The summed E-state index contributed by atoms with van der Waals surface area (Å²) in [4.78, 5) is 23.9. The molecule has 1 atom stereocenters. The molecule has 0 aliphatic rings. The molecule has 5 heteroatoms. The third kappa shape index (κ3) is 36.1.